The molecule has 2 heterocycles. The third-order valence-corrected chi connectivity index (χ3v) is 5.24. The first kappa shape index (κ1) is 19.2. The lowest BCUT2D eigenvalue weighted by molar-refractivity contribution is -0.115. The van der Waals surface area contributed by atoms with Gasteiger partial charge < -0.3 is 19.8 Å². The summed E-state index contributed by atoms with van der Waals surface area (Å²) < 4.78 is 2.25. The fourth-order valence-electron chi connectivity index (χ4n) is 3.81. The zero-order valence-electron chi connectivity index (χ0n) is 17.2. The second-order valence-electron chi connectivity index (χ2n) is 7.76. The van der Waals surface area contributed by atoms with Crippen molar-refractivity contribution in [2.75, 3.05) is 26.0 Å². The summed E-state index contributed by atoms with van der Waals surface area (Å²) >= 11 is 0. The van der Waals surface area contributed by atoms with Crippen LogP contribution in [0.5, 0.6) is 0 Å². The monoisotopic (exact) mass is 389 g/mol. The molecule has 0 aliphatic heterocycles. The van der Waals surface area contributed by atoms with Crippen molar-refractivity contribution in [1.82, 2.24) is 19.4 Å². The van der Waals surface area contributed by atoms with Gasteiger partial charge in [-0.25, -0.2) is 4.98 Å². The molecule has 4 rings (SSSR count). The number of nitrogens with zero attached hydrogens (tertiary/aromatic N) is 3. The van der Waals surface area contributed by atoms with Crippen molar-refractivity contribution in [2.24, 2.45) is 0 Å². The van der Waals surface area contributed by atoms with Crippen LogP contribution in [0.3, 0.4) is 0 Å². The Balaban J connectivity index is 1.47. The van der Waals surface area contributed by atoms with Crippen LogP contribution < -0.4 is 5.32 Å². The van der Waals surface area contributed by atoms with Crippen molar-refractivity contribution >= 4 is 33.5 Å². The minimum Gasteiger partial charge on any atom is -0.361 e. The van der Waals surface area contributed by atoms with E-state index in [4.69, 9.17) is 0 Å². The topological polar surface area (TPSA) is 66.0 Å². The van der Waals surface area contributed by atoms with Crippen LogP contribution >= 0.6 is 0 Å². The molecule has 0 bridgehead atoms. The Kier molecular flexibility index (Phi) is 5.36. The number of para-hydroxylation sites is 1. The molecule has 1 amide bonds. The SMILES string of the molecule is Cc1nc2cc(NC(=O)Cc3c[nH]c4ccccc34)ccc2n1CCCN(C)C. The highest BCUT2D eigenvalue weighted by Gasteiger charge is 2.11. The number of aryl methyl sites for hydroxylation is 2. The molecule has 0 aliphatic carbocycles. The minimum atomic E-state index is -0.0313. The van der Waals surface area contributed by atoms with Gasteiger partial charge >= 0.3 is 0 Å². The fraction of sp³-hybridized carbons (Fsp3) is 0.304. The highest BCUT2D eigenvalue weighted by atomic mass is 16.1. The molecule has 0 saturated carbocycles. The van der Waals surface area contributed by atoms with Crippen molar-refractivity contribution < 1.29 is 4.79 Å². The molecule has 0 radical (unpaired) electrons. The number of aromatic nitrogens is 3. The predicted octanol–water partition coefficient (Wildman–Crippen LogP) is 3.96. The molecule has 0 atom stereocenters. The van der Waals surface area contributed by atoms with Crippen LogP contribution in [0.15, 0.2) is 48.7 Å². The maximum Gasteiger partial charge on any atom is 0.228 e. The Labute approximate surface area is 170 Å². The summed E-state index contributed by atoms with van der Waals surface area (Å²) in [6.45, 7) is 4.01. The summed E-state index contributed by atoms with van der Waals surface area (Å²) in [5.74, 6) is 0.970. The molecule has 0 aliphatic rings. The first-order chi connectivity index (χ1) is 14.0. The first-order valence-electron chi connectivity index (χ1n) is 9.98. The number of amides is 1. The van der Waals surface area contributed by atoms with Gasteiger partial charge in [0.05, 0.1) is 17.5 Å². The lowest BCUT2D eigenvalue weighted by Gasteiger charge is -2.11. The number of benzene rings is 2. The van der Waals surface area contributed by atoms with Gasteiger partial charge in [-0.2, -0.15) is 0 Å². The van der Waals surface area contributed by atoms with Crippen LogP contribution in [0, 0.1) is 6.92 Å². The van der Waals surface area contributed by atoms with Gasteiger partial charge in [-0.15, -0.1) is 0 Å². The van der Waals surface area contributed by atoms with Gasteiger partial charge in [0, 0.05) is 29.3 Å². The molecule has 0 spiro atoms. The summed E-state index contributed by atoms with van der Waals surface area (Å²) in [6, 6.07) is 14.0. The number of imidazole rings is 1. The maximum atomic E-state index is 12.6. The Morgan fingerprint density at radius 3 is 2.86 bits per heavy atom. The van der Waals surface area contributed by atoms with E-state index in [0.717, 1.165) is 58.5 Å². The van der Waals surface area contributed by atoms with Crippen molar-refractivity contribution in [3.8, 4) is 0 Å². The Hall–Kier alpha value is -3.12. The maximum absolute atomic E-state index is 12.6. The number of anilines is 1. The lowest BCUT2D eigenvalue weighted by atomic mass is 10.1. The molecule has 6 heteroatoms. The van der Waals surface area contributed by atoms with Gasteiger partial charge in [-0.3, -0.25) is 4.79 Å². The molecular formula is C23H27N5O. The predicted molar refractivity (Wildman–Crippen MR) is 118 cm³/mol. The second kappa shape index (κ2) is 8.09. The molecule has 4 aromatic rings. The molecule has 0 fully saturated rings. The number of H-pyrrole nitrogens is 1. The average Bonchev–Trinajstić information content (AvgIpc) is 3.22. The van der Waals surface area contributed by atoms with E-state index in [0.29, 0.717) is 6.42 Å². The number of rotatable bonds is 7. The van der Waals surface area contributed by atoms with Gasteiger partial charge in [-0.05, 0) is 63.8 Å². The average molecular weight is 390 g/mol. The van der Waals surface area contributed by atoms with Crippen LogP contribution in [0.25, 0.3) is 21.9 Å². The minimum absolute atomic E-state index is 0.0313. The van der Waals surface area contributed by atoms with Gasteiger partial charge in [0.1, 0.15) is 5.82 Å². The number of nitrogens with one attached hydrogen (secondary N) is 2. The number of carbonyl (C=O) groups excluding carboxylic acids is 1. The van der Waals surface area contributed by atoms with Crippen molar-refractivity contribution in [3.05, 3.63) is 60.0 Å². The number of carbonyl (C=O) groups is 1. The smallest absolute Gasteiger partial charge is 0.228 e. The molecule has 0 unspecified atom stereocenters. The van der Waals surface area contributed by atoms with E-state index < -0.39 is 0 Å². The van der Waals surface area contributed by atoms with Crippen LogP contribution in [0.2, 0.25) is 0 Å². The standard InChI is InChI=1S/C23H27N5O/c1-16-25-21-14-18(9-10-22(21)28(16)12-6-11-27(2)3)26-23(29)13-17-15-24-20-8-5-4-7-19(17)20/h4-5,7-10,14-15,24H,6,11-13H2,1-3H3,(H,26,29). The van der Waals surface area contributed by atoms with Gasteiger partial charge in [0.25, 0.3) is 0 Å². The summed E-state index contributed by atoms with van der Waals surface area (Å²) in [5, 5.41) is 4.10. The summed E-state index contributed by atoms with van der Waals surface area (Å²) in [6.07, 6.45) is 3.31. The Morgan fingerprint density at radius 1 is 1.21 bits per heavy atom. The van der Waals surface area contributed by atoms with Gasteiger partial charge in [0.2, 0.25) is 5.91 Å². The third kappa shape index (κ3) is 4.17. The van der Waals surface area contributed by atoms with Crippen LogP contribution in [0.4, 0.5) is 5.69 Å². The first-order valence-corrected chi connectivity index (χ1v) is 9.98. The fourth-order valence-corrected chi connectivity index (χ4v) is 3.81. The Morgan fingerprint density at radius 2 is 2.03 bits per heavy atom. The van der Waals surface area contributed by atoms with E-state index in [1.807, 2.05) is 55.6 Å². The van der Waals surface area contributed by atoms with Crippen LogP contribution in [-0.4, -0.2) is 46.0 Å². The highest BCUT2D eigenvalue weighted by molar-refractivity contribution is 5.97. The summed E-state index contributed by atoms with van der Waals surface area (Å²) in [5.41, 5.74) is 4.85. The quantitative estimate of drug-likeness (QED) is 0.503. The van der Waals surface area contributed by atoms with E-state index in [9.17, 15) is 4.79 Å². The summed E-state index contributed by atoms with van der Waals surface area (Å²) in [4.78, 5) is 22.7. The molecule has 0 saturated heterocycles. The van der Waals surface area contributed by atoms with E-state index in [2.05, 4.69) is 38.8 Å². The second-order valence-corrected chi connectivity index (χ2v) is 7.76. The Bertz CT molecular complexity index is 1150. The lowest BCUT2D eigenvalue weighted by Crippen LogP contribution is -2.15. The van der Waals surface area contributed by atoms with Crippen molar-refractivity contribution in [1.29, 1.82) is 0 Å². The highest BCUT2D eigenvalue weighted by Crippen LogP contribution is 2.22. The van der Waals surface area contributed by atoms with Crippen molar-refractivity contribution in [3.63, 3.8) is 0 Å². The van der Waals surface area contributed by atoms with Gasteiger partial charge in [0.15, 0.2) is 0 Å². The number of hydrogen-bond donors (Lipinski definition) is 2. The zero-order chi connectivity index (χ0) is 20.4. The molecule has 2 N–H and O–H groups in total. The molecular weight excluding hydrogens is 362 g/mol. The van der Waals surface area contributed by atoms with Crippen LogP contribution in [0.1, 0.15) is 17.8 Å². The van der Waals surface area contributed by atoms with E-state index in [-0.39, 0.29) is 5.91 Å². The normalized spacial score (nSPS) is 11.6. The number of hydrogen-bond acceptors (Lipinski definition) is 3. The number of aromatic amines is 1. The van der Waals surface area contributed by atoms with E-state index in [1.54, 1.807) is 0 Å². The largest absolute Gasteiger partial charge is 0.361 e. The van der Waals surface area contributed by atoms with Gasteiger partial charge in [-0.1, -0.05) is 18.2 Å². The molecule has 6 nitrogen and oxygen atoms in total. The number of fused-ring (bicyclic) bond motifs is 2. The molecule has 150 valence electrons. The molecule has 29 heavy (non-hydrogen) atoms. The zero-order valence-corrected chi connectivity index (χ0v) is 17.2. The molecule has 2 aromatic carbocycles. The van der Waals surface area contributed by atoms with E-state index >= 15 is 0 Å². The van der Waals surface area contributed by atoms with E-state index in [1.165, 1.54) is 0 Å². The van der Waals surface area contributed by atoms with Crippen LogP contribution in [-0.2, 0) is 17.8 Å². The summed E-state index contributed by atoms with van der Waals surface area (Å²) in [7, 11) is 4.17. The third-order valence-electron chi connectivity index (χ3n) is 5.24. The molecule has 2 aromatic heterocycles. The van der Waals surface area contributed by atoms with Crippen molar-refractivity contribution in [2.45, 2.75) is 26.3 Å².